The van der Waals surface area contributed by atoms with Gasteiger partial charge in [-0.05, 0) is 43.2 Å². The van der Waals surface area contributed by atoms with Crippen LogP contribution in [-0.4, -0.2) is 37.0 Å². The van der Waals surface area contributed by atoms with Gasteiger partial charge in [-0.15, -0.1) is 0 Å². The monoisotopic (exact) mass is 395 g/mol. The van der Waals surface area contributed by atoms with E-state index in [9.17, 15) is 13.2 Å². The van der Waals surface area contributed by atoms with Crippen LogP contribution in [0.5, 0.6) is 0 Å². The van der Waals surface area contributed by atoms with E-state index in [2.05, 4.69) is 14.7 Å². The largest absolute Gasteiger partial charge is 0.371 e. The average molecular weight is 395 g/mol. The number of amides is 1. The van der Waals surface area contributed by atoms with Crippen molar-refractivity contribution in [3.63, 3.8) is 0 Å². The first-order valence-electron chi connectivity index (χ1n) is 8.77. The van der Waals surface area contributed by atoms with Gasteiger partial charge in [0.2, 0.25) is 0 Å². The van der Waals surface area contributed by atoms with Crippen molar-refractivity contribution in [2.45, 2.75) is 17.7 Å². The van der Waals surface area contributed by atoms with Gasteiger partial charge < -0.3 is 4.90 Å². The first-order chi connectivity index (χ1) is 13.5. The minimum absolute atomic E-state index is 0.144. The fourth-order valence-electron chi connectivity index (χ4n) is 3.29. The number of anilines is 1. The molecule has 142 valence electrons. The highest BCUT2D eigenvalue weighted by atomic mass is 32.2. The van der Waals surface area contributed by atoms with Gasteiger partial charge in [-0.1, -0.05) is 6.07 Å². The fourth-order valence-corrected chi connectivity index (χ4v) is 4.30. The molecule has 8 nitrogen and oxygen atoms in total. The molecule has 2 aromatic heterocycles. The van der Waals surface area contributed by atoms with Crippen molar-refractivity contribution in [3.8, 4) is 6.07 Å². The molecule has 0 bridgehead atoms. The van der Waals surface area contributed by atoms with Crippen LogP contribution < -0.4 is 9.62 Å². The summed E-state index contributed by atoms with van der Waals surface area (Å²) in [6.45, 7) is 1.91. The second kappa shape index (κ2) is 6.98. The van der Waals surface area contributed by atoms with E-state index in [1.54, 1.807) is 6.20 Å². The van der Waals surface area contributed by atoms with Crippen LogP contribution in [-0.2, 0) is 10.0 Å². The maximum Gasteiger partial charge on any atom is 0.268 e. The lowest BCUT2D eigenvalue weighted by Crippen LogP contribution is -2.30. The molecule has 1 amide bonds. The molecule has 3 heterocycles. The molecule has 9 heteroatoms. The average Bonchev–Trinajstić information content (AvgIpc) is 3.37. The smallest absolute Gasteiger partial charge is 0.268 e. The van der Waals surface area contributed by atoms with Crippen molar-refractivity contribution in [2.75, 3.05) is 18.0 Å². The number of carbonyl (C=O) groups is 1. The van der Waals surface area contributed by atoms with E-state index in [-0.39, 0.29) is 16.0 Å². The van der Waals surface area contributed by atoms with E-state index < -0.39 is 15.9 Å². The van der Waals surface area contributed by atoms with Crippen LogP contribution >= 0.6 is 0 Å². The maximum atomic E-state index is 12.7. The standard InChI is InChI=1S/C19H17N5O3S/c20-12-14-4-3-5-16(10-14)28(26,27)22-19(25)17-13-21-24-9-6-15(11-18(17)24)23-7-1-2-8-23/h3-6,9-11,13H,1-2,7-8H2,(H,22,25). The van der Waals surface area contributed by atoms with E-state index in [0.717, 1.165) is 31.6 Å². The highest BCUT2D eigenvalue weighted by Crippen LogP contribution is 2.23. The third-order valence-corrected chi connectivity index (χ3v) is 6.05. The Morgan fingerprint density at radius 2 is 1.96 bits per heavy atom. The summed E-state index contributed by atoms with van der Waals surface area (Å²) in [4.78, 5) is 14.8. The van der Waals surface area contributed by atoms with E-state index in [0.29, 0.717) is 5.52 Å². The van der Waals surface area contributed by atoms with Gasteiger partial charge in [-0.3, -0.25) is 4.79 Å². The summed E-state index contributed by atoms with van der Waals surface area (Å²) in [6.07, 6.45) is 5.35. The Bertz CT molecular complexity index is 1200. The number of benzene rings is 1. The number of carbonyl (C=O) groups excluding carboxylic acids is 1. The number of fused-ring (bicyclic) bond motifs is 1. The quantitative estimate of drug-likeness (QED) is 0.723. The Kier molecular flexibility index (Phi) is 4.49. The summed E-state index contributed by atoms with van der Waals surface area (Å²) in [5.74, 6) is -0.768. The van der Waals surface area contributed by atoms with Gasteiger partial charge in [0.25, 0.3) is 15.9 Å². The predicted octanol–water partition coefficient (Wildman–Crippen LogP) is 1.92. The zero-order chi connectivity index (χ0) is 19.7. The van der Waals surface area contributed by atoms with Crippen LogP contribution in [0.25, 0.3) is 5.52 Å². The molecule has 0 unspecified atom stereocenters. The van der Waals surface area contributed by atoms with E-state index in [1.165, 1.54) is 35.0 Å². The van der Waals surface area contributed by atoms with Crippen molar-refractivity contribution in [1.29, 1.82) is 5.26 Å². The third-order valence-electron chi connectivity index (χ3n) is 4.72. The first-order valence-corrected chi connectivity index (χ1v) is 10.3. The minimum atomic E-state index is -4.11. The van der Waals surface area contributed by atoms with Crippen molar-refractivity contribution in [1.82, 2.24) is 14.3 Å². The van der Waals surface area contributed by atoms with Crippen molar-refractivity contribution >= 4 is 27.1 Å². The molecule has 0 atom stereocenters. The van der Waals surface area contributed by atoms with Gasteiger partial charge in [0, 0.05) is 25.0 Å². The van der Waals surface area contributed by atoms with Crippen molar-refractivity contribution in [2.24, 2.45) is 0 Å². The molecule has 1 N–H and O–H groups in total. The molecule has 0 saturated carbocycles. The summed E-state index contributed by atoms with van der Waals surface area (Å²) in [6, 6.07) is 11.1. The van der Waals surface area contributed by atoms with Gasteiger partial charge in [0.15, 0.2) is 0 Å². The highest BCUT2D eigenvalue weighted by molar-refractivity contribution is 7.90. The van der Waals surface area contributed by atoms with Crippen LogP contribution in [0.15, 0.2) is 53.7 Å². The van der Waals surface area contributed by atoms with Crippen LogP contribution in [0.2, 0.25) is 0 Å². The molecular formula is C19H17N5O3S. The summed E-state index contributed by atoms with van der Waals surface area (Å²) in [5.41, 5.74) is 1.87. The predicted molar refractivity (Wildman–Crippen MR) is 102 cm³/mol. The van der Waals surface area contributed by atoms with Gasteiger partial charge in [-0.25, -0.2) is 17.7 Å². The Balaban J connectivity index is 1.65. The summed E-state index contributed by atoms with van der Waals surface area (Å²) in [7, 11) is -4.11. The van der Waals surface area contributed by atoms with Crippen molar-refractivity contribution < 1.29 is 13.2 Å². The number of aromatic nitrogens is 2. The first kappa shape index (κ1) is 18.0. The maximum absolute atomic E-state index is 12.7. The van der Waals surface area contributed by atoms with Gasteiger partial charge in [0.1, 0.15) is 0 Å². The molecule has 1 aromatic carbocycles. The Hall–Kier alpha value is -3.38. The number of sulfonamides is 1. The summed E-state index contributed by atoms with van der Waals surface area (Å²) >= 11 is 0. The molecule has 1 aliphatic heterocycles. The molecule has 0 radical (unpaired) electrons. The lowest BCUT2D eigenvalue weighted by atomic mass is 10.2. The zero-order valence-corrected chi connectivity index (χ0v) is 15.7. The number of pyridine rings is 1. The third kappa shape index (κ3) is 3.30. The number of nitrogens with one attached hydrogen (secondary N) is 1. The number of nitriles is 1. The number of hydrogen-bond donors (Lipinski definition) is 1. The van der Waals surface area contributed by atoms with Gasteiger partial charge in [0.05, 0.1) is 33.8 Å². The number of rotatable bonds is 4. The second-order valence-corrected chi connectivity index (χ2v) is 8.22. The van der Waals surface area contributed by atoms with Gasteiger partial charge in [-0.2, -0.15) is 10.4 Å². The fraction of sp³-hybridized carbons (Fsp3) is 0.211. The molecule has 0 spiro atoms. The number of nitrogens with zero attached hydrogens (tertiary/aromatic N) is 4. The molecule has 0 aliphatic carbocycles. The Morgan fingerprint density at radius 3 is 2.71 bits per heavy atom. The van der Waals surface area contributed by atoms with Gasteiger partial charge >= 0.3 is 0 Å². The van der Waals surface area contributed by atoms with E-state index in [4.69, 9.17) is 5.26 Å². The molecular weight excluding hydrogens is 378 g/mol. The summed E-state index contributed by atoms with van der Waals surface area (Å²) in [5, 5.41) is 13.1. The molecule has 4 rings (SSSR count). The molecule has 28 heavy (non-hydrogen) atoms. The molecule has 3 aromatic rings. The molecule has 1 saturated heterocycles. The lowest BCUT2D eigenvalue weighted by molar-refractivity contribution is 0.0983. The van der Waals surface area contributed by atoms with Crippen LogP contribution in [0.4, 0.5) is 5.69 Å². The van der Waals surface area contributed by atoms with Crippen LogP contribution in [0.1, 0.15) is 28.8 Å². The normalized spacial score (nSPS) is 14.2. The van der Waals surface area contributed by atoms with Crippen LogP contribution in [0, 0.1) is 11.3 Å². The topological polar surface area (TPSA) is 108 Å². The van der Waals surface area contributed by atoms with E-state index in [1.807, 2.05) is 18.2 Å². The highest BCUT2D eigenvalue weighted by Gasteiger charge is 2.22. The molecule has 1 fully saturated rings. The Morgan fingerprint density at radius 1 is 1.18 bits per heavy atom. The van der Waals surface area contributed by atoms with Crippen molar-refractivity contribution in [3.05, 3.63) is 59.9 Å². The number of hydrogen-bond acceptors (Lipinski definition) is 6. The Labute approximate surface area is 162 Å². The zero-order valence-electron chi connectivity index (χ0n) is 14.9. The van der Waals surface area contributed by atoms with Crippen LogP contribution in [0.3, 0.4) is 0 Å². The summed E-state index contributed by atoms with van der Waals surface area (Å²) < 4.78 is 28.7. The lowest BCUT2D eigenvalue weighted by Gasteiger charge is -2.17. The van der Waals surface area contributed by atoms with E-state index >= 15 is 0 Å². The second-order valence-electron chi connectivity index (χ2n) is 6.54. The SMILES string of the molecule is N#Cc1cccc(S(=O)(=O)NC(=O)c2cnn3ccc(N4CCCC4)cc23)c1. The molecule has 1 aliphatic rings. The minimum Gasteiger partial charge on any atom is -0.371 e.